The number of rotatable bonds is 6. The highest BCUT2D eigenvalue weighted by molar-refractivity contribution is 7.10. The Bertz CT molecular complexity index is 563. The van der Waals surface area contributed by atoms with Crippen LogP contribution < -0.4 is 10.6 Å². The van der Waals surface area contributed by atoms with E-state index in [0.717, 1.165) is 22.5 Å². The fourth-order valence-corrected chi connectivity index (χ4v) is 2.89. The molecule has 0 bridgehead atoms. The van der Waals surface area contributed by atoms with Crippen LogP contribution in [-0.4, -0.2) is 36.5 Å². The molecule has 0 unspecified atom stereocenters. The lowest BCUT2D eigenvalue weighted by Crippen LogP contribution is -2.29. The molecule has 20 heavy (non-hydrogen) atoms. The van der Waals surface area contributed by atoms with Crippen LogP contribution in [0.5, 0.6) is 0 Å². The molecule has 0 spiro atoms. The number of aliphatic hydroxyl groups is 2. The first-order chi connectivity index (χ1) is 9.65. The highest BCUT2D eigenvalue weighted by Crippen LogP contribution is 2.33. The van der Waals surface area contributed by atoms with E-state index in [2.05, 4.69) is 18.4 Å². The number of nitrogens with zero attached hydrogens (tertiary/aromatic N) is 1. The van der Waals surface area contributed by atoms with Gasteiger partial charge < -0.3 is 20.8 Å². The zero-order valence-electron chi connectivity index (χ0n) is 11.5. The Labute approximate surface area is 123 Å². The molecule has 2 rings (SSSR count). The van der Waals surface area contributed by atoms with Crippen molar-refractivity contribution in [3.8, 4) is 11.1 Å². The molecule has 2 aromatic rings. The summed E-state index contributed by atoms with van der Waals surface area (Å²) in [4.78, 5) is 3.19. The van der Waals surface area contributed by atoms with E-state index < -0.39 is 0 Å². The number of nitrogens with two attached hydrogens (primary N) is 1. The summed E-state index contributed by atoms with van der Waals surface area (Å²) < 4.78 is 0. The Hall–Kier alpha value is -1.56. The molecule has 0 aliphatic heterocycles. The molecule has 0 radical (unpaired) electrons. The van der Waals surface area contributed by atoms with Gasteiger partial charge in [0.1, 0.15) is 0 Å². The van der Waals surface area contributed by atoms with Crippen LogP contribution in [0.1, 0.15) is 4.88 Å². The summed E-state index contributed by atoms with van der Waals surface area (Å²) in [5.41, 5.74) is 9.87. The topological polar surface area (TPSA) is 69.7 Å². The summed E-state index contributed by atoms with van der Waals surface area (Å²) in [6.45, 7) is 3.16. The van der Waals surface area contributed by atoms with Crippen LogP contribution in [0.4, 0.5) is 11.4 Å². The fraction of sp³-hybridized carbons (Fsp3) is 0.333. The summed E-state index contributed by atoms with van der Waals surface area (Å²) in [6, 6.07) is 7.92. The van der Waals surface area contributed by atoms with E-state index in [4.69, 9.17) is 15.9 Å². The zero-order chi connectivity index (χ0) is 14.5. The monoisotopic (exact) mass is 292 g/mol. The number of nitrogen functional groups attached to an aromatic ring is 1. The van der Waals surface area contributed by atoms with Crippen molar-refractivity contribution in [2.24, 2.45) is 0 Å². The van der Waals surface area contributed by atoms with Crippen molar-refractivity contribution >= 4 is 22.7 Å². The van der Waals surface area contributed by atoms with E-state index in [1.54, 1.807) is 11.3 Å². The van der Waals surface area contributed by atoms with Crippen molar-refractivity contribution in [3.63, 3.8) is 0 Å². The lowest BCUT2D eigenvalue weighted by Gasteiger charge is -2.24. The molecule has 0 amide bonds. The second-order valence-electron chi connectivity index (χ2n) is 4.65. The molecule has 0 atom stereocenters. The lowest BCUT2D eigenvalue weighted by atomic mass is 10.1. The molecule has 1 aromatic carbocycles. The normalized spacial score (nSPS) is 10.8. The van der Waals surface area contributed by atoms with E-state index in [1.807, 2.05) is 23.1 Å². The summed E-state index contributed by atoms with van der Waals surface area (Å²) in [5, 5.41) is 20.3. The Morgan fingerprint density at radius 1 is 1.15 bits per heavy atom. The zero-order valence-corrected chi connectivity index (χ0v) is 12.4. The molecule has 4 N–H and O–H groups in total. The number of aryl methyl sites for hydroxylation is 1. The minimum Gasteiger partial charge on any atom is -0.398 e. The maximum absolute atomic E-state index is 9.12. The number of hydrogen-bond donors (Lipinski definition) is 3. The largest absolute Gasteiger partial charge is 0.398 e. The fourth-order valence-electron chi connectivity index (χ4n) is 2.19. The van der Waals surface area contributed by atoms with Gasteiger partial charge in [0.05, 0.1) is 13.2 Å². The van der Waals surface area contributed by atoms with Crippen molar-refractivity contribution in [1.29, 1.82) is 0 Å². The van der Waals surface area contributed by atoms with Gasteiger partial charge in [0, 0.05) is 34.9 Å². The standard InChI is InChI=1S/C15H20N2O2S/c1-11-8-12(10-20-11)14-9-13(2-3-15(14)16)17(4-6-18)5-7-19/h2-3,8-10,18-19H,4-7,16H2,1H3. The van der Waals surface area contributed by atoms with Crippen LogP contribution in [0.2, 0.25) is 0 Å². The Balaban J connectivity index is 2.36. The molecule has 1 aromatic heterocycles. The molecule has 4 nitrogen and oxygen atoms in total. The molecule has 0 saturated heterocycles. The van der Waals surface area contributed by atoms with Crippen LogP contribution in [0.15, 0.2) is 29.6 Å². The second kappa shape index (κ2) is 6.74. The highest BCUT2D eigenvalue weighted by Gasteiger charge is 2.10. The van der Waals surface area contributed by atoms with E-state index >= 15 is 0 Å². The van der Waals surface area contributed by atoms with E-state index in [0.29, 0.717) is 13.1 Å². The van der Waals surface area contributed by atoms with Crippen molar-refractivity contribution in [1.82, 2.24) is 0 Å². The number of thiophene rings is 1. The minimum atomic E-state index is 0.0528. The van der Waals surface area contributed by atoms with Gasteiger partial charge in [-0.15, -0.1) is 11.3 Å². The maximum atomic E-state index is 9.12. The highest BCUT2D eigenvalue weighted by atomic mass is 32.1. The average Bonchev–Trinajstić information content (AvgIpc) is 2.86. The molecular formula is C15H20N2O2S. The van der Waals surface area contributed by atoms with Gasteiger partial charge in [-0.2, -0.15) is 0 Å². The van der Waals surface area contributed by atoms with Gasteiger partial charge in [-0.1, -0.05) is 0 Å². The van der Waals surface area contributed by atoms with Gasteiger partial charge >= 0.3 is 0 Å². The summed E-state index contributed by atoms with van der Waals surface area (Å²) in [7, 11) is 0. The van der Waals surface area contributed by atoms with Crippen LogP contribution in [-0.2, 0) is 0 Å². The second-order valence-corrected chi connectivity index (χ2v) is 5.77. The number of anilines is 2. The predicted molar refractivity (Wildman–Crippen MR) is 85.3 cm³/mol. The number of aliphatic hydroxyl groups excluding tert-OH is 2. The third kappa shape index (κ3) is 3.30. The molecule has 5 heteroatoms. The Morgan fingerprint density at radius 2 is 1.85 bits per heavy atom. The summed E-state index contributed by atoms with van der Waals surface area (Å²) >= 11 is 1.69. The van der Waals surface area contributed by atoms with Gasteiger partial charge in [-0.25, -0.2) is 0 Å². The predicted octanol–water partition coefficient (Wildman–Crippen LogP) is 2.10. The first-order valence-electron chi connectivity index (χ1n) is 6.57. The summed E-state index contributed by atoms with van der Waals surface area (Å²) in [5.74, 6) is 0. The summed E-state index contributed by atoms with van der Waals surface area (Å²) in [6.07, 6.45) is 0. The molecule has 0 aliphatic carbocycles. The third-order valence-electron chi connectivity index (χ3n) is 3.18. The minimum absolute atomic E-state index is 0.0528. The molecule has 0 aliphatic rings. The van der Waals surface area contributed by atoms with Crippen molar-refractivity contribution < 1.29 is 10.2 Å². The average molecular weight is 292 g/mol. The molecular weight excluding hydrogens is 272 g/mol. The molecule has 0 fully saturated rings. The number of benzene rings is 1. The third-order valence-corrected chi connectivity index (χ3v) is 4.04. The molecule has 0 saturated carbocycles. The van der Waals surface area contributed by atoms with Crippen molar-refractivity contribution in [2.45, 2.75) is 6.92 Å². The van der Waals surface area contributed by atoms with Crippen LogP contribution in [0.25, 0.3) is 11.1 Å². The van der Waals surface area contributed by atoms with Gasteiger partial charge in [0.15, 0.2) is 0 Å². The van der Waals surface area contributed by atoms with Gasteiger partial charge in [-0.05, 0) is 42.1 Å². The van der Waals surface area contributed by atoms with Crippen molar-refractivity contribution in [3.05, 3.63) is 34.5 Å². The van der Waals surface area contributed by atoms with Crippen LogP contribution in [0, 0.1) is 6.92 Å². The van der Waals surface area contributed by atoms with Crippen molar-refractivity contribution in [2.75, 3.05) is 36.9 Å². The lowest BCUT2D eigenvalue weighted by molar-refractivity contribution is 0.281. The Morgan fingerprint density at radius 3 is 2.40 bits per heavy atom. The Kier molecular flexibility index (Phi) is 5.00. The molecule has 1 heterocycles. The van der Waals surface area contributed by atoms with E-state index in [-0.39, 0.29) is 13.2 Å². The van der Waals surface area contributed by atoms with E-state index in [9.17, 15) is 0 Å². The SMILES string of the molecule is Cc1cc(-c2cc(N(CCO)CCO)ccc2N)cs1. The number of hydrogen-bond acceptors (Lipinski definition) is 5. The van der Waals surface area contributed by atoms with Gasteiger partial charge in [-0.3, -0.25) is 0 Å². The first-order valence-corrected chi connectivity index (χ1v) is 7.45. The smallest absolute Gasteiger partial charge is 0.0606 e. The molecule has 108 valence electrons. The quantitative estimate of drug-likeness (QED) is 0.713. The maximum Gasteiger partial charge on any atom is 0.0606 e. The van der Waals surface area contributed by atoms with Gasteiger partial charge in [0.2, 0.25) is 0 Å². The van der Waals surface area contributed by atoms with Crippen LogP contribution in [0.3, 0.4) is 0 Å². The van der Waals surface area contributed by atoms with E-state index in [1.165, 1.54) is 4.88 Å². The van der Waals surface area contributed by atoms with Crippen LogP contribution >= 0.6 is 11.3 Å². The first kappa shape index (κ1) is 14.8. The van der Waals surface area contributed by atoms with Gasteiger partial charge in [0.25, 0.3) is 0 Å².